The highest BCUT2D eigenvalue weighted by atomic mass is 32.2. The number of hydrogen-bond donors (Lipinski definition) is 1. The average molecular weight is 574 g/mol. The van der Waals surface area contributed by atoms with Gasteiger partial charge in [0.2, 0.25) is 0 Å². The van der Waals surface area contributed by atoms with Crippen LogP contribution in [-0.4, -0.2) is 61.9 Å². The number of carbonyl (C=O) groups is 1. The number of benzene rings is 1. The number of anilines is 2. The molecule has 2 aliphatic heterocycles. The molecule has 0 radical (unpaired) electrons. The molecule has 212 valence electrons. The molecule has 1 aromatic carbocycles. The van der Waals surface area contributed by atoms with Gasteiger partial charge in [0.15, 0.2) is 9.84 Å². The third-order valence-corrected chi connectivity index (χ3v) is 9.15. The fourth-order valence-electron chi connectivity index (χ4n) is 5.18. The van der Waals surface area contributed by atoms with E-state index in [1.165, 1.54) is 11.6 Å². The number of nitrogens with one attached hydrogen (secondary N) is 1. The molecule has 0 spiro atoms. The van der Waals surface area contributed by atoms with Crippen molar-refractivity contribution in [2.24, 2.45) is 0 Å². The first-order valence-electron chi connectivity index (χ1n) is 13.6. The van der Waals surface area contributed by atoms with Crippen molar-refractivity contribution in [3.8, 4) is 0 Å². The zero-order valence-corrected chi connectivity index (χ0v) is 23.6. The summed E-state index contributed by atoms with van der Waals surface area (Å²) in [6, 6.07) is 14.8. The number of hydrogen-bond acceptors (Lipinski definition) is 9. The van der Waals surface area contributed by atoms with Crippen LogP contribution in [0.3, 0.4) is 0 Å². The summed E-state index contributed by atoms with van der Waals surface area (Å²) in [5, 5.41) is 3.75. The summed E-state index contributed by atoms with van der Waals surface area (Å²) in [7, 11) is -1.81. The van der Waals surface area contributed by atoms with Crippen molar-refractivity contribution in [3.63, 3.8) is 0 Å². The largest absolute Gasteiger partial charge is 0.384 e. The van der Waals surface area contributed by atoms with Gasteiger partial charge in [-0.1, -0.05) is 12.1 Å². The van der Waals surface area contributed by atoms with Crippen LogP contribution in [-0.2, 0) is 45.3 Å². The van der Waals surface area contributed by atoms with Gasteiger partial charge in [0.1, 0.15) is 11.6 Å². The zero-order chi connectivity index (χ0) is 28.4. The second kappa shape index (κ2) is 11.5. The van der Waals surface area contributed by atoms with Gasteiger partial charge >= 0.3 is 0 Å². The predicted octanol–water partition coefficient (Wildman–Crippen LogP) is 3.53. The molecule has 1 N–H and O–H groups in total. The summed E-state index contributed by atoms with van der Waals surface area (Å²) in [6.07, 6.45) is 4.48. The Balaban J connectivity index is 1.21. The standard InChI is InChI=1S/C30H31N5O5S/c1-39-12-10-24-8-6-20-3-2-11-35(29(20)33-24)28-9-7-22-17-31-25(16-26(22)34-28)18-32-30(36)21-4-5-23-19-40-13-14-41(37,38)27(23)15-21/h4-9,15-17H,2-3,10-14,18-19H2,1H3,(H,32,36). The number of methoxy groups -OCH3 is 1. The number of aryl methyl sites for hydroxylation is 1. The number of aromatic nitrogens is 3. The topological polar surface area (TPSA) is 124 Å². The quantitative estimate of drug-likeness (QED) is 0.354. The van der Waals surface area contributed by atoms with Crippen molar-refractivity contribution >= 4 is 38.3 Å². The molecule has 0 saturated heterocycles. The molecule has 0 bridgehead atoms. The fourth-order valence-corrected chi connectivity index (χ4v) is 6.57. The molecule has 0 atom stereocenters. The highest BCUT2D eigenvalue weighted by Gasteiger charge is 2.24. The number of amides is 1. The summed E-state index contributed by atoms with van der Waals surface area (Å²) in [4.78, 5) is 29.6. The number of nitrogens with zero attached hydrogens (tertiary/aromatic N) is 4. The summed E-state index contributed by atoms with van der Waals surface area (Å²) in [5.74, 6) is 1.27. The molecule has 3 aromatic heterocycles. The fraction of sp³-hybridized carbons (Fsp3) is 0.333. The summed E-state index contributed by atoms with van der Waals surface area (Å²) in [5.41, 5.74) is 4.44. The van der Waals surface area contributed by atoms with E-state index >= 15 is 0 Å². The third-order valence-electron chi connectivity index (χ3n) is 7.40. The molecule has 0 saturated carbocycles. The monoisotopic (exact) mass is 573 g/mol. The summed E-state index contributed by atoms with van der Waals surface area (Å²) >= 11 is 0. The molecular formula is C30H31N5O5S. The van der Waals surface area contributed by atoms with Crippen LogP contribution in [0, 0.1) is 0 Å². The van der Waals surface area contributed by atoms with Crippen LogP contribution >= 0.6 is 0 Å². The van der Waals surface area contributed by atoms with E-state index in [4.69, 9.17) is 19.4 Å². The van der Waals surface area contributed by atoms with E-state index in [9.17, 15) is 13.2 Å². The second-order valence-corrected chi connectivity index (χ2v) is 12.3. The lowest BCUT2D eigenvalue weighted by Crippen LogP contribution is -2.27. The minimum absolute atomic E-state index is 0.102. The lowest BCUT2D eigenvalue weighted by atomic mass is 10.0. The van der Waals surface area contributed by atoms with Gasteiger partial charge in [0.25, 0.3) is 5.91 Å². The van der Waals surface area contributed by atoms with E-state index in [1.54, 1.807) is 25.4 Å². The summed E-state index contributed by atoms with van der Waals surface area (Å²) < 4.78 is 35.8. The van der Waals surface area contributed by atoms with Gasteiger partial charge in [-0.3, -0.25) is 9.78 Å². The van der Waals surface area contributed by atoms with Gasteiger partial charge in [0.05, 0.1) is 48.2 Å². The first-order chi connectivity index (χ1) is 19.9. The normalized spacial score (nSPS) is 16.1. The Bertz CT molecular complexity index is 1730. The Kier molecular flexibility index (Phi) is 7.65. The van der Waals surface area contributed by atoms with Gasteiger partial charge in [-0.2, -0.15) is 0 Å². The van der Waals surface area contributed by atoms with Crippen molar-refractivity contribution in [2.45, 2.75) is 37.3 Å². The SMILES string of the molecule is COCCc1ccc2c(n1)N(c1ccc3cnc(CNC(=O)c4ccc5c(c4)S(=O)(=O)CCOC5)cc3n1)CCC2. The second-order valence-electron chi connectivity index (χ2n) is 10.2. The van der Waals surface area contributed by atoms with Crippen LogP contribution in [0.15, 0.2) is 59.6 Å². The number of fused-ring (bicyclic) bond motifs is 3. The van der Waals surface area contributed by atoms with E-state index in [0.29, 0.717) is 17.9 Å². The highest BCUT2D eigenvalue weighted by molar-refractivity contribution is 7.91. The maximum Gasteiger partial charge on any atom is 0.251 e. The minimum atomic E-state index is -3.50. The van der Waals surface area contributed by atoms with Gasteiger partial charge in [-0.15, -0.1) is 0 Å². The molecular weight excluding hydrogens is 542 g/mol. The van der Waals surface area contributed by atoms with Crippen LogP contribution < -0.4 is 10.2 Å². The molecule has 0 unspecified atom stereocenters. The molecule has 2 aliphatic rings. The molecule has 4 aromatic rings. The number of sulfone groups is 1. The molecule has 0 aliphatic carbocycles. The maximum absolute atomic E-state index is 12.9. The first kappa shape index (κ1) is 27.3. The Hall–Kier alpha value is -3.93. The van der Waals surface area contributed by atoms with Gasteiger partial charge in [-0.25, -0.2) is 18.4 Å². The molecule has 6 rings (SSSR count). The number of rotatable bonds is 7. The average Bonchev–Trinajstić information content (AvgIpc) is 3.15. The smallest absolute Gasteiger partial charge is 0.251 e. The molecule has 0 fully saturated rings. The van der Waals surface area contributed by atoms with Crippen LogP contribution in [0.1, 0.15) is 39.3 Å². The van der Waals surface area contributed by atoms with E-state index in [0.717, 1.165) is 54.0 Å². The molecule has 41 heavy (non-hydrogen) atoms. The van der Waals surface area contributed by atoms with E-state index in [1.807, 2.05) is 18.2 Å². The maximum atomic E-state index is 12.9. The molecule has 11 heteroatoms. The van der Waals surface area contributed by atoms with Crippen molar-refractivity contribution in [1.82, 2.24) is 20.3 Å². The van der Waals surface area contributed by atoms with Crippen LogP contribution in [0.5, 0.6) is 0 Å². The number of ether oxygens (including phenoxy) is 2. The van der Waals surface area contributed by atoms with Crippen molar-refractivity contribution in [1.29, 1.82) is 0 Å². The molecule has 5 heterocycles. The first-order valence-corrected chi connectivity index (χ1v) is 15.3. The van der Waals surface area contributed by atoms with Gasteiger partial charge < -0.3 is 19.7 Å². The number of carbonyl (C=O) groups excluding carboxylic acids is 1. The van der Waals surface area contributed by atoms with E-state index in [-0.39, 0.29) is 41.9 Å². The minimum Gasteiger partial charge on any atom is -0.384 e. The Morgan fingerprint density at radius 3 is 2.83 bits per heavy atom. The Labute approximate surface area is 238 Å². The van der Waals surface area contributed by atoms with Crippen molar-refractivity contribution < 1.29 is 22.7 Å². The molecule has 1 amide bonds. The van der Waals surface area contributed by atoms with Crippen LogP contribution in [0.25, 0.3) is 10.9 Å². The summed E-state index contributed by atoms with van der Waals surface area (Å²) in [6.45, 7) is 1.96. The van der Waals surface area contributed by atoms with E-state index in [2.05, 4.69) is 27.3 Å². The number of pyridine rings is 3. The molecule has 10 nitrogen and oxygen atoms in total. The van der Waals surface area contributed by atoms with Crippen LogP contribution in [0.4, 0.5) is 11.6 Å². The van der Waals surface area contributed by atoms with E-state index < -0.39 is 9.84 Å². The Morgan fingerprint density at radius 1 is 1.07 bits per heavy atom. The lowest BCUT2D eigenvalue weighted by Gasteiger charge is -2.29. The third kappa shape index (κ3) is 5.79. The van der Waals surface area contributed by atoms with Crippen LogP contribution in [0.2, 0.25) is 0 Å². The van der Waals surface area contributed by atoms with Crippen molar-refractivity contribution in [3.05, 3.63) is 82.8 Å². The van der Waals surface area contributed by atoms with Gasteiger partial charge in [-0.05, 0) is 60.4 Å². The highest BCUT2D eigenvalue weighted by Crippen LogP contribution is 2.32. The zero-order valence-electron chi connectivity index (χ0n) is 22.8. The lowest BCUT2D eigenvalue weighted by molar-refractivity contribution is 0.0950. The van der Waals surface area contributed by atoms with Gasteiger partial charge in [0, 0.05) is 42.9 Å². The predicted molar refractivity (Wildman–Crippen MR) is 154 cm³/mol. The Morgan fingerprint density at radius 2 is 1.95 bits per heavy atom. The van der Waals surface area contributed by atoms with Crippen molar-refractivity contribution in [2.75, 3.05) is 37.5 Å².